The Balaban J connectivity index is 1.82. The van der Waals surface area contributed by atoms with Gasteiger partial charge in [0.2, 0.25) is 5.78 Å². The average Bonchev–Trinajstić information content (AvgIpc) is 3.30. The van der Waals surface area contributed by atoms with E-state index in [1.165, 1.54) is 6.26 Å². The maximum Gasteiger partial charge on any atom is 0.290 e. The molecule has 27 heavy (non-hydrogen) atoms. The van der Waals surface area contributed by atoms with E-state index >= 15 is 0 Å². The van der Waals surface area contributed by atoms with Crippen molar-refractivity contribution in [2.45, 2.75) is 51.1 Å². The molecular weight excluding hydrogens is 342 g/mol. The Hall–Kier alpha value is -2.82. The van der Waals surface area contributed by atoms with Gasteiger partial charge in [-0.2, -0.15) is 0 Å². The van der Waals surface area contributed by atoms with Crippen LogP contribution in [0.3, 0.4) is 0 Å². The lowest BCUT2D eigenvalue weighted by atomic mass is 9.90. The molecule has 0 bridgehead atoms. The summed E-state index contributed by atoms with van der Waals surface area (Å²) in [4.78, 5) is 27.8. The van der Waals surface area contributed by atoms with Crippen molar-refractivity contribution >= 4 is 11.7 Å². The number of Topliss-reactive ketones (excluding diaryl/α,β-unsaturated/α-hetero) is 1. The Labute approximate surface area is 158 Å². The third kappa shape index (κ3) is 3.07. The molecule has 2 aliphatic rings. The Bertz CT molecular complexity index is 891. The van der Waals surface area contributed by atoms with Crippen LogP contribution in [-0.2, 0) is 4.79 Å². The van der Waals surface area contributed by atoms with Gasteiger partial charge < -0.3 is 14.4 Å². The molecule has 2 aromatic rings. The van der Waals surface area contributed by atoms with Crippen LogP contribution < -0.4 is 0 Å². The van der Waals surface area contributed by atoms with Gasteiger partial charge in [0, 0.05) is 6.04 Å². The van der Waals surface area contributed by atoms with Gasteiger partial charge in [-0.05, 0) is 37.5 Å². The number of benzene rings is 1. The lowest BCUT2D eigenvalue weighted by molar-refractivity contribution is -0.132. The second-order valence-corrected chi connectivity index (χ2v) is 7.39. The number of amides is 1. The minimum atomic E-state index is -0.585. The number of carbonyl (C=O) groups excluding carboxylic acids is 2. The summed E-state index contributed by atoms with van der Waals surface area (Å²) < 4.78 is 5.26. The van der Waals surface area contributed by atoms with Crippen molar-refractivity contribution in [2.75, 3.05) is 0 Å². The average molecular weight is 365 g/mol. The molecule has 1 fully saturated rings. The van der Waals surface area contributed by atoms with Gasteiger partial charge in [-0.25, -0.2) is 0 Å². The van der Waals surface area contributed by atoms with Crippen LogP contribution in [-0.4, -0.2) is 27.7 Å². The first-order valence-corrected chi connectivity index (χ1v) is 9.48. The molecule has 140 valence electrons. The molecule has 1 saturated carbocycles. The van der Waals surface area contributed by atoms with Gasteiger partial charge in [0.05, 0.1) is 17.9 Å². The zero-order valence-corrected chi connectivity index (χ0v) is 15.4. The number of hydrogen-bond donors (Lipinski definition) is 1. The topological polar surface area (TPSA) is 70.7 Å². The van der Waals surface area contributed by atoms with Crippen molar-refractivity contribution in [1.29, 1.82) is 0 Å². The van der Waals surface area contributed by atoms with E-state index in [9.17, 15) is 14.7 Å². The molecule has 1 amide bonds. The van der Waals surface area contributed by atoms with E-state index in [0.717, 1.165) is 43.2 Å². The van der Waals surface area contributed by atoms with Gasteiger partial charge in [0.25, 0.3) is 5.91 Å². The summed E-state index contributed by atoms with van der Waals surface area (Å²) in [7, 11) is 0. The highest BCUT2D eigenvalue weighted by molar-refractivity contribution is 6.15. The molecule has 1 aliphatic heterocycles. The summed E-state index contributed by atoms with van der Waals surface area (Å²) in [6, 6.07) is 10.4. The molecule has 1 unspecified atom stereocenters. The number of aliphatic hydroxyl groups excluding tert-OH is 1. The number of furan rings is 1. The van der Waals surface area contributed by atoms with Gasteiger partial charge in [-0.1, -0.05) is 49.1 Å². The Kier molecular flexibility index (Phi) is 4.60. The van der Waals surface area contributed by atoms with Crippen molar-refractivity contribution in [3.63, 3.8) is 0 Å². The lowest BCUT2D eigenvalue weighted by Crippen LogP contribution is -2.41. The molecular formula is C22H23NO4. The molecule has 1 atom stereocenters. The maximum atomic E-state index is 13.1. The van der Waals surface area contributed by atoms with E-state index in [4.69, 9.17) is 4.42 Å². The SMILES string of the molecule is Cc1cccc(C2C(C(=O)c3ccco3)=C(O)C(=O)N2C2CCCCC2)c1. The van der Waals surface area contributed by atoms with E-state index in [-0.39, 0.29) is 17.4 Å². The number of nitrogens with zero attached hydrogens (tertiary/aromatic N) is 1. The molecule has 0 spiro atoms. The first-order chi connectivity index (χ1) is 13.1. The second kappa shape index (κ2) is 7.06. The smallest absolute Gasteiger partial charge is 0.290 e. The molecule has 1 N–H and O–H groups in total. The van der Waals surface area contributed by atoms with Gasteiger partial charge in [-0.15, -0.1) is 0 Å². The third-order valence-corrected chi connectivity index (χ3v) is 5.56. The summed E-state index contributed by atoms with van der Waals surface area (Å²) in [5, 5.41) is 10.7. The van der Waals surface area contributed by atoms with Crippen LogP contribution in [0.4, 0.5) is 0 Å². The van der Waals surface area contributed by atoms with Crippen molar-refractivity contribution in [2.24, 2.45) is 0 Å². The van der Waals surface area contributed by atoms with E-state index < -0.39 is 23.5 Å². The zero-order chi connectivity index (χ0) is 19.0. The Morgan fingerprint density at radius 1 is 1.15 bits per heavy atom. The van der Waals surface area contributed by atoms with E-state index in [1.54, 1.807) is 17.0 Å². The fraction of sp³-hybridized carbons (Fsp3) is 0.364. The summed E-state index contributed by atoms with van der Waals surface area (Å²) in [6.07, 6.45) is 6.47. The van der Waals surface area contributed by atoms with Crippen LogP contribution in [0, 0.1) is 6.92 Å². The highest BCUT2D eigenvalue weighted by Gasteiger charge is 2.47. The highest BCUT2D eigenvalue weighted by Crippen LogP contribution is 2.42. The van der Waals surface area contributed by atoms with E-state index in [0.29, 0.717) is 0 Å². The van der Waals surface area contributed by atoms with Crippen LogP contribution in [0.15, 0.2) is 58.4 Å². The highest BCUT2D eigenvalue weighted by atomic mass is 16.3. The quantitative estimate of drug-likeness (QED) is 0.810. The predicted molar refractivity (Wildman–Crippen MR) is 100 cm³/mol. The minimum absolute atomic E-state index is 0.0285. The molecule has 5 heteroatoms. The monoisotopic (exact) mass is 365 g/mol. The number of hydrogen-bond acceptors (Lipinski definition) is 4. The number of aryl methyl sites for hydroxylation is 1. The molecule has 5 nitrogen and oxygen atoms in total. The van der Waals surface area contributed by atoms with Crippen LogP contribution in [0.25, 0.3) is 0 Å². The molecule has 0 radical (unpaired) electrons. The fourth-order valence-electron chi connectivity index (χ4n) is 4.30. The van der Waals surface area contributed by atoms with Gasteiger partial charge in [0.15, 0.2) is 11.5 Å². The molecule has 1 aromatic heterocycles. The first kappa shape index (κ1) is 17.6. The normalized spacial score (nSPS) is 21.1. The lowest BCUT2D eigenvalue weighted by Gasteiger charge is -2.36. The maximum absolute atomic E-state index is 13.1. The minimum Gasteiger partial charge on any atom is -0.503 e. The van der Waals surface area contributed by atoms with Gasteiger partial charge in [-0.3, -0.25) is 9.59 Å². The van der Waals surface area contributed by atoms with Crippen LogP contribution >= 0.6 is 0 Å². The first-order valence-electron chi connectivity index (χ1n) is 9.48. The molecule has 4 rings (SSSR count). The zero-order valence-electron chi connectivity index (χ0n) is 15.4. The Morgan fingerprint density at radius 2 is 1.93 bits per heavy atom. The number of rotatable bonds is 4. The molecule has 1 aromatic carbocycles. The van der Waals surface area contributed by atoms with Gasteiger partial charge in [0.1, 0.15) is 0 Å². The third-order valence-electron chi connectivity index (χ3n) is 5.56. The largest absolute Gasteiger partial charge is 0.503 e. The van der Waals surface area contributed by atoms with Gasteiger partial charge >= 0.3 is 0 Å². The van der Waals surface area contributed by atoms with E-state index in [1.807, 2.05) is 31.2 Å². The van der Waals surface area contributed by atoms with Crippen LogP contribution in [0.5, 0.6) is 0 Å². The van der Waals surface area contributed by atoms with Crippen molar-refractivity contribution in [1.82, 2.24) is 4.90 Å². The van der Waals surface area contributed by atoms with Crippen molar-refractivity contribution in [3.8, 4) is 0 Å². The number of carbonyl (C=O) groups is 2. The second-order valence-electron chi connectivity index (χ2n) is 7.39. The summed E-state index contributed by atoms with van der Waals surface area (Å²) in [5.74, 6) is -1.21. The molecule has 2 heterocycles. The van der Waals surface area contributed by atoms with Crippen molar-refractivity contribution in [3.05, 3.63) is 70.9 Å². The summed E-state index contributed by atoms with van der Waals surface area (Å²) in [6.45, 7) is 1.98. The van der Waals surface area contributed by atoms with Crippen LogP contribution in [0.2, 0.25) is 0 Å². The van der Waals surface area contributed by atoms with Crippen molar-refractivity contribution < 1.29 is 19.1 Å². The number of aliphatic hydroxyl groups is 1. The summed E-state index contributed by atoms with van der Waals surface area (Å²) in [5.41, 5.74) is 2.00. The predicted octanol–water partition coefficient (Wildman–Crippen LogP) is 4.50. The standard InChI is InChI=1S/C22H23NO4/c1-14-7-5-8-15(13-14)19-18(20(24)17-11-6-12-27-17)21(25)22(26)23(19)16-9-3-2-4-10-16/h5-8,11-13,16,19,25H,2-4,9-10H2,1H3. The number of ketones is 1. The summed E-state index contributed by atoms with van der Waals surface area (Å²) >= 11 is 0. The molecule has 1 aliphatic carbocycles. The molecule has 0 saturated heterocycles. The fourth-order valence-corrected chi connectivity index (χ4v) is 4.30. The van der Waals surface area contributed by atoms with E-state index in [2.05, 4.69) is 0 Å². The Morgan fingerprint density at radius 3 is 2.59 bits per heavy atom. The van der Waals surface area contributed by atoms with Crippen LogP contribution in [0.1, 0.15) is 59.8 Å².